The maximum absolute atomic E-state index is 13.6. The van der Waals surface area contributed by atoms with Crippen LogP contribution in [-0.2, 0) is 24.9 Å². The number of Topliss-reactive ketones (excluding diaryl/α,β-unsaturated/α-hetero) is 1. The van der Waals surface area contributed by atoms with Crippen molar-refractivity contribution in [2.45, 2.75) is 104 Å². The Labute approximate surface area is 272 Å². The lowest BCUT2D eigenvalue weighted by atomic mass is 9.44. The standard InChI is InChI=1S/C34H53N3O5S2/c1-8-15-37(16-9-2)18-27(39)36-31-35-24(20-44-31)19-43-21-28(40)42-26-17-32(6,10-3)30(41)23(5)34-13-11-22(4)33(26,7)29(34)25(38)12-14-34/h10,20,22-23,26,29-30,41H,3,8-9,11-19,21H2,1-2,4-7H3,(H,35,36,39)/t22-,23+,26-,29+,30+,32-,33+,34+/m1/s1. The Morgan fingerprint density at radius 2 is 1.95 bits per heavy atom. The number of aromatic nitrogens is 1. The maximum atomic E-state index is 13.6. The highest BCUT2D eigenvalue weighted by atomic mass is 32.2. The summed E-state index contributed by atoms with van der Waals surface area (Å²) in [5.41, 5.74) is -0.649. The number of carbonyl (C=O) groups excluding carboxylic acids is 3. The fraction of sp³-hybridized carbons (Fsp3) is 0.765. The second kappa shape index (κ2) is 14.3. The summed E-state index contributed by atoms with van der Waals surface area (Å²) in [4.78, 5) is 46.2. The SMILES string of the molecule is C=C[C@]1(C)C[C@@H](OC(=O)CSCc2csc(NC(=O)CN(CCC)CCC)n2)[C@]2(C)[C@H](C)CC[C@]3(CCC(=O)[C@H]32)[C@@H](C)[C@@H]1O. The van der Waals surface area contributed by atoms with Gasteiger partial charge >= 0.3 is 5.97 Å². The summed E-state index contributed by atoms with van der Waals surface area (Å²) in [6.07, 6.45) is 6.24. The molecule has 8 atom stereocenters. The Morgan fingerprint density at radius 1 is 1.25 bits per heavy atom. The van der Waals surface area contributed by atoms with Gasteiger partial charge in [0, 0.05) is 34.3 Å². The minimum absolute atomic E-state index is 0.0552. The van der Waals surface area contributed by atoms with E-state index >= 15 is 0 Å². The molecule has 2 bridgehead atoms. The van der Waals surface area contributed by atoms with Crippen LogP contribution in [0.1, 0.15) is 92.2 Å². The van der Waals surface area contributed by atoms with Gasteiger partial charge in [-0.1, -0.05) is 47.6 Å². The van der Waals surface area contributed by atoms with E-state index in [1.807, 2.05) is 18.4 Å². The largest absolute Gasteiger partial charge is 0.461 e. The average molecular weight is 648 g/mol. The van der Waals surface area contributed by atoms with E-state index in [2.05, 4.69) is 56.4 Å². The molecule has 1 amide bonds. The predicted octanol–water partition coefficient (Wildman–Crippen LogP) is 6.34. The number of rotatable bonds is 13. The van der Waals surface area contributed by atoms with E-state index in [4.69, 9.17) is 4.74 Å². The van der Waals surface area contributed by atoms with Gasteiger partial charge in [-0.25, -0.2) is 4.98 Å². The van der Waals surface area contributed by atoms with E-state index in [9.17, 15) is 19.5 Å². The molecule has 3 saturated carbocycles. The van der Waals surface area contributed by atoms with Crippen molar-refractivity contribution in [2.75, 3.05) is 30.7 Å². The predicted molar refractivity (Wildman–Crippen MR) is 179 cm³/mol. The normalized spacial score (nSPS) is 35.1. The highest BCUT2D eigenvalue weighted by Crippen LogP contribution is 2.68. The summed E-state index contributed by atoms with van der Waals surface area (Å²) < 4.78 is 6.34. The van der Waals surface area contributed by atoms with Gasteiger partial charge in [0.05, 0.1) is 24.1 Å². The van der Waals surface area contributed by atoms with Gasteiger partial charge < -0.3 is 15.2 Å². The summed E-state index contributed by atoms with van der Waals surface area (Å²) in [6.45, 7) is 18.9. The smallest absolute Gasteiger partial charge is 0.316 e. The summed E-state index contributed by atoms with van der Waals surface area (Å²) in [6, 6.07) is 0. The minimum atomic E-state index is -0.678. The lowest BCUT2D eigenvalue weighted by molar-refractivity contribution is -0.205. The van der Waals surface area contributed by atoms with Crippen molar-refractivity contribution in [3.63, 3.8) is 0 Å². The molecule has 0 aromatic carbocycles. The number of anilines is 1. The third-order valence-electron chi connectivity index (χ3n) is 11.3. The van der Waals surface area contributed by atoms with Crippen molar-refractivity contribution < 1.29 is 24.2 Å². The zero-order chi connectivity index (χ0) is 32.3. The Morgan fingerprint density at radius 3 is 2.61 bits per heavy atom. The lowest BCUT2D eigenvalue weighted by Crippen LogP contribution is -2.63. The average Bonchev–Trinajstić information content (AvgIpc) is 3.58. The molecule has 3 aliphatic carbocycles. The first-order chi connectivity index (χ1) is 20.8. The first kappa shape index (κ1) is 35.1. The summed E-state index contributed by atoms with van der Waals surface area (Å²) in [5.74, 6) is 0.446. The highest BCUT2D eigenvalue weighted by molar-refractivity contribution is 7.99. The molecule has 8 nitrogen and oxygen atoms in total. The van der Waals surface area contributed by atoms with Crippen molar-refractivity contribution in [1.82, 2.24) is 9.88 Å². The quantitative estimate of drug-likeness (QED) is 0.189. The monoisotopic (exact) mass is 647 g/mol. The minimum Gasteiger partial charge on any atom is -0.461 e. The van der Waals surface area contributed by atoms with Crippen molar-refractivity contribution in [3.05, 3.63) is 23.7 Å². The molecule has 1 aromatic rings. The van der Waals surface area contributed by atoms with Crippen LogP contribution >= 0.6 is 23.1 Å². The molecule has 1 aromatic heterocycles. The molecule has 44 heavy (non-hydrogen) atoms. The van der Waals surface area contributed by atoms with Crippen LogP contribution in [0.4, 0.5) is 5.13 Å². The van der Waals surface area contributed by atoms with Crippen LogP contribution in [0, 0.1) is 34.0 Å². The van der Waals surface area contributed by atoms with E-state index in [0.29, 0.717) is 30.3 Å². The van der Waals surface area contributed by atoms with E-state index in [1.54, 1.807) is 0 Å². The number of amides is 1. The topological polar surface area (TPSA) is 109 Å². The summed E-state index contributed by atoms with van der Waals surface area (Å²) in [5, 5.41) is 17.1. The van der Waals surface area contributed by atoms with Gasteiger partial charge in [0.25, 0.3) is 0 Å². The van der Waals surface area contributed by atoms with Crippen LogP contribution in [0.5, 0.6) is 0 Å². The van der Waals surface area contributed by atoms with Gasteiger partial charge in [0.1, 0.15) is 11.9 Å². The van der Waals surface area contributed by atoms with Crippen LogP contribution < -0.4 is 5.32 Å². The number of nitrogens with one attached hydrogen (secondary N) is 1. The van der Waals surface area contributed by atoms with Gasteiger partial charge in [0.15, 0.2) is 5.13 Å². The molecular weight excluding hydrogens is 595 g/mol. The van der Waals surface area contributed by atoms with Crippen molar-refractivity contribution in [2.24, 2.45) is 34.0 Å². The molecule has 2 N–H and O–H groups in total. The van der Waals surface area contributed by atoms with Crippen molar-refractivity contribution >= 4 is 45.9 Å². The summed E-state index contributed by atoms with van der Waals surface area (Å²) in [7, 11) is 0. The van der Waals surface area contributed by atoms with Gasteiger partial charge in [-0.2, -0.15) is 0 Å². The number of aliphatic hydroxyl groups is 1. The Balaban J connectivity index is 1.41. The third kappa shape index (κ3) is 6.83. The molecule has 0 unspecified atom stereocenters. The fourth-order valence-corrected chi connectivity index (χ4v) is 10.2. The first-order valence-electron chi connectivity index (χ1n) is 16.4. The molecule has 3 aliphatic rings. The number of nitrogens with zero attached hydrogens (tertiary/aromatic N) is 2. The second-order valence-electron chi connectivity index (χ2n) is 14.0. The number of ether oxygens (including phenoxy) is 1. The number of hydrogen-bond donors (Lipinski definition) is 2. The molecule has 0 radical (unpaired) electrons. The highest BCUT2D eigenvalue weighted by Gasteiger charge is 2.68. The molecule has 0 saturated heterocycles. The number of aliphatic hydroxyl groups excluding tert-OH is 1. The number of hydrogen-bond acceptors (Lipinski definition) is 9. The van der Waals surface area contributed by atoms with Crippen LogP contribution in [0.2, 0.25) is 0 Å². The van der Waals surface area contributed by atoms with Crippen LogP contribution in [0.15, 0.2) is 18.0 Å². The van der Waals surface area contributed by atoms with Gasteiger partial charge in [0.2, 0.25) is 5.91 Å². The third-order valence-corrected chi connectivity index (χ3v) is 13.0. The van der Waals surface area contributed by atoms with Crippen molar-refractivity contribution in [3.8, 4) is 0 Å². The maximum Gasteiger partial charge on any atom is 0.316 e. The van der Waals surface area contributed by atoms with E-state index in [1.165, 1.54) is 23.1 Å². The molecule has 0 spiro atoms. The number of thiazole rings is 1. The fourth-order valence-electron chi connectivity index (χ4n) is 8.63. The number of carbonyl (C=O) groups is 3. The van der Waals surface area contributed by atoms with Gasteiger partial charge in [-0.05, 0) is 68.9 Å². The van der Waals surface area contributed by atoms with E-state index in [0.717, 1.165) is 50.9 Å². The van der Waals surface area contributed by atoms with Crippen LogP contribution in [-0.4, -0.2) is 70.2 Å². The number of thioether (sulfide) groups is 1. The number of esters is 1. The molecule has 3 fully saturated rings. The first-order valence-corrected chi connectivity index (χ1v) is 18.5. The van der Waals surface area contributed by atoms with Crippen LogP contribution in [0.25, 0.3) is 0 Å². The number of ketones is 1. The van der Waals surface area contributed by atoms with E-state index in [-0.39, 0.29) is 46.6 Å². The molecule has 246 valence electrons. The summed E-state index contributed by atoms with van der Waals surface area (Å²) >= 11 is 2.82. The Bertz CT molecular complexity index is 1200. The molecular formula is C34H53N3O5S2. The molecule has 4 rings (SSSR count). The molecule has 1 heterocycles. The van der Waals surface area contributed by atoms with Gasteiger partial charge in [-0.3, -0.25) is 19.3 Å². The van der Waals surface area contributed by atoms with Crippen molar-refractivity contribution in [1.29, 1.82) is 0 Å². The van der Waals surface area contributed by atoms with Gasteiger partial charge in [-0.15, -0.1) is 29.7 Å². The molecule has 10 heteroatoms. The lowest BCUT2D eigenvalue weighted by Gasteiger charge is -2.61. The Kier molecular flexibility index (Phi) is 11.4. The zero-order valence-electron chi connectivity index (χ0n) is 27.5. The van der Waals surface area contributed by atoms with E-state index < -0.39 is 23.0 Å². The van der Waals surface area contributed by atoms with Crippen LogP contribution in [0.3, 0.4) is 0 Å². The molecule has 0 aliphatic heterocycles. The second-order valence-corrected chi connectivity index (χ2v) is 15.9. The zero-order valence-corrected chi connectivity index (χ0v) is 29.2. The Hall–Kier alpha value is -1.75.